The first-order valence-electron chi connectivity index (χ1n) is 8.56. The molecule has 1 aromatic rings. The number of carbonyl (C=O) groups excluding carboxylic acids is 2. The molecule has 1 atom stereocenters. The van der Waals surface area contributed by atoms with E-state index in [1.54, 1.807) is 20.3 Å². The van der Waals surface area contributed by atoms with E-state index in [1.807, 2.05) is 19.1 Å². The van der Waals surface area contributed by atoms with Crippen LogP contribution < -0.4 is 14.8 Å². The number of hydrogen-bond acceptors (Lipinski definition) is 6. The summed E-state index contributed by atoms with van der Waals surface area (Å²) in [7, 11) is 4.45. The number of methoxy groups -OCH3 is 3. The summed E-state index contributed by atoms with van der Waals surface area (Å²) in [6.07, 6.45) is 2.04. The predicted molar refractivity (Wildman–Crippen MR) is 99.6 cm³/mol. The monoisotopic (exact) mass is 375 g/mol. The molecule has 1 aliphatic carbocycles. The first-order chi connectivity index (χ1) is 12.5. The Hall–Kier alpha value is -2.80. The zero-order chi connectivity index (χ0) is 18.8. The Balaban J connectivity index is 0.00000261. The van der Waals surface area contributed by atoms with Crippen LogP contribution in [-0.4, -0.2) is 38.6 Å². The zero-order valence-corrected chi connectivity index (χ0v) is 16.0. The van der Waals surface area contributed by atoms with E-state index in [1.165, 1.54) is 7.11 Å². The van der Waals surface area contributed by atoms with Crippen molar-refractivity contribution in [3.05, 3.63) is 46.3 Å². The van der Waals surface area contributed by atoms with Crippen molar-refractivity contribution in [2.24, 2.45) is 0 Å². The normalized spacial score (nSPS) is 19.0. The second-order valence-electron chi connectivity index (χ2n) is 6.34. The van der Waals surface area contributed by atoms with Crippen LogP contribution in [0.25, 0.3) is 0 Å². The van der Waals surface area contributed by atoms with Crippen LogP contribution in [0.4, 0.5) is 0 Å². The van der Waals surface area contributed by atoms with Crippen molar-refractivity contribution in [3.63, 3.8) is 0 Å². The van der Waals surface area contributed by atoms with Crippen LogP contribution in [0, 0.1) is 0 Å². The summed E-state index contributed by atoms with van der Waals surface area (Å²) in [5, 5.41) is 3.25. The Bertz CT molecular complexity index is 824. The molecule has 0 aromatic heterocycles. The molecular formula is C20H25NO6. The van der Waals surface area contributed by atoms with E-state index in [2.05, 4.69) is 5.32 Å². The van der Waals surface area contributed by atoms with Gasteiger partial charge in [0.05, 0.1) is 32.8 Å². The second-order valence-corrected chi connectivity index (χ2v) is 6.34. The second kappa shape index (κ2) is 8.26. The molecule has 0 amide bonds. The summed E-state index contributed by atoms with van der Waals surface area (Å²) in [5.74, 6) is 0.103. The van der Waals surface area contributed by atoms with Crippen molar-refractivity contribution in [1.29, 1.82) is 0 Å². The molecule has 146 valence electrons. The fourth-order valence-electron chi connectivity index (χ4n) is 3.81. The van der Waals surface area contributed by atoms with E-state index >= 15 is 0 Å². The van der Waals surface area contributed by atoms with E-state index in [4.69, 9.17) is 14.2 Å². The average Bonchev–Trinajstić information content (AvgIpc) is 2.65. The van der Waals surface area contributed by atoms with Crippen molar-refractivity contribution in [2.45, 2.75) is 32.1 Å². The number of dihydropyridines is 1. The largest absolute Gasteiger partial charge is 0.493 e. The first-order valence-corrected chi connectivity index (χ1v) is 8.56. The fourth-order valence-corrected chi connectivity index (χ4v) is 3.81. The van der Waals surface area contributed by atoms with Crippen molar-refractivity contribution in [2.75, 3.05) is 21.3 Å². The van der Waals surface area contributed by atoms with Gasteiger partial charge in [0.1, 0.15) is 0 Å². The molecule has 3 rings (SSSR count). The zero-order valence-electron chi connectivity index (χ0n) is 16.0. The van der Waals surface area contributed by atoms with E-state index in [9.17, 15) is 9.59 Å². The van der Waals surface area contributed by atoms with E-state index in [0.29, 0.717) is 34.8 Å². The molecule has 7 nitrogen and oxygen atoms in total. The summed E-state index contributed by atoms with van der Waals surface area (Å²) in [5.41, 5.74) is 3.33. The highest BCUT2D eigenvalue weighted by molar-refractivity contribution is 6.04. The van der Waals surface area contributed by atoms with Gasteiger partial charge < -0.3 is 25.0 Å². The van der Waals surface area contributed by atoms with Gasteiger partial charge in [-0.05, 0) is 25.8 Å². The van der Waals surface area contributed by atoms with Crippen LogP contribution in [0.5, 0.6) is 11.5 Å². The fraction of sp³-hybridized carbons (Fsp3) is 0.400. The summed E-state index contributed by atoms with van der Waals surface area (Å²) < 4.78 is 16.0. The van der Waals surface area contributed by atoms with Gasteiger partial charge in [-0.25, -0.2) is 4.79 Å². The Morgan fingerprint density at radius 2 is 1.89 bits per heavy atom. The molecule has 0 bridgehead atoms. The smallest absolute Gasteiger partial charge is 0.336 e. The molecule has 27 heavy (non-hydrogen) atoms. The van der Waals surface area contributed by atoms with E-state index in [-0.39, 0.29) is 11.3 Å². The number of para-hydroxylation sites is 1. The predicted octanol–water partition coefficient (Wildman–Crippen LogP) is 2.02. The lowest BCUT2D eigenvalue weighted by Crippen LogP contribution is -2.34. The third-order valence-electron chi connectivity index (χ3n) is 4.93. The van der Waals surface area contributed by atoms with Gasteiger partial charge in [0.2, 0.25) is 0 Å². The van der Waals surface area contributed by atoms with Gasteiger partial charge in [0, 0.05) is 29.0 Å². The molecular weight excluding hydrogens is 350 g/mol. The van der Waals surface area contributed by atoms with Crippen LogP contribution >= 0.6 is 0 Å². The van der Waals surface area contributed by atoms with Gasteiger partial charge in [-0.1, -0.05) is 12.1 Å². The summed E-state index contributed by atoms with van der Waals surface area (Å²) >= 11 is 0. The lowest BCUT2D eigenvalue weighted by molar-refractivity contribution is -0.136. The number of allylic oxidation sites excluding steroid dienone is 3. The highest BCUT2D eigenvalue weighted by atomic mass is 16.5. The minimum Gasteiger partial charge on any atom is -0.493 e. The van der Waals surface area contributed by atoms with Crippen molar-refractivity contribution < 1.29 is 29.3 Å². The molecule has 1 aliphatic heterocycles. The van der Waals surface area contributed by atoms with Crippen molar-refractivity contribution in [3.8, 4) is 11.5 Å². The average molecular weight is 375 g/mol. The Labute approximate surface area is 158 Å². The maximum Gasteiger partial charge on any atom is 0.336 e. The number of rotatable bonds is 4. The van der Waals surface area contributed by atoms with E-state index < -0.39 is 11.9 Å². The molecule has 1 unspecified atom stereocenters. The topological polar surface area (TPSA) is 105 Å². The highest BCUT2D eigenvalue weighted by Gasteiger charge is 2.40. The Morgan fingerprint density at radius 1 is 1.15 bits per heavy atom. The van der Waals surface area contributed by atoms with Crippen molar-refractivity contribution >= 4 is 11.8 Å². The summed E-state index contributed by atoms with van der Waals surface area (Å²) in [6, 6.07) is 5.48. The van der Waals surface area contributed by atoms with Crippen LogP contribution in [0.1, 0.15) is 37.7 Å². The maximum atomic E-state index is 12.8. The van der Waals surface area contributed by atoms with Gasteiger partial charge in [-0.15, -0.1) is 0 Å². The quantitative estimate of drug-likeness (QED) is 0.807. The van der Waals surface area contributed by atoms with Gasteiger partial charge in [0.25, 0.3) is 0 Å². The van der Waals surface area contributed by atoms with Gasteiger partial charge >= 0.3 is 5.97 Å². The molecule has 3 N–H and O–H groups in total. The van der Waals surface area contributed by atoms with Gasteiger partial charge in [-0.2, -0.15) is 0 Å². The standard InChI is InChI=1S/C20H23NO5.H2O/c1-11-16(20(23)26-4)17(18-13(21-11)8-6-9-14(18)22)12-7-5-10-15(24-2)19(12)25-3;/h5,7,10,17,21H,6,8-9H2,1-4H3;1H2. The third kappa shape index (κ3) is 3.42. The van der Waals surface area contributed by atoms with Crippen LogP contribution in [0.2, 0.25) is 0 Å². The summed E-state index contributed by atoms with van der Waals surface area (Å²) in [6.45, 7) is 1.83. The molecule has 0 spiro atoms. The number of benzene rings is 1. The molecule has 0 saturated heterocycles. The highest BCUT2D eigenvalue weighted by Crippen LogP contribution is 2.47. The first kappa shape index (κ1) is 20.5. The van der Waals surface area contributed by atoms with Gasteiger partial charge in [0.15, 0.2) is 17.3 Å². The molecule has 0 fully saturated rings. The number of ether oxygens (including phenoxy) is 3. The Morgan fingerprint density at radius 3 is 2.52 bits per heavy atom. The molecule has 0 radical (unpaired) electrons. The number of ketones is 1. The molecule has 7 heteroatoms. The van der Waals surface area contributed by atoms with Crippen LogP contribution in [0.15, 0.2) is 40.7 Å². The number of nitrogens with one attached hydrogen (secondary N) is 1. The van der Waals surface area contributed by atoms with Crippen LogP contribution in [-0.2, 0) is 14.3 Å². The molecule has 2 aliphatic rings. The van der Waals surface area contributed by atoms with Gasteiger partial charge in [-0.3, -0.25) is 4.79 Å². The summed E-state index contributed by atoms with van der Waals surface area (Å²) in [4.78, 5) is 25.4. The van der Waals surface area contributed by atoms with Crippen molar-refractivity contribution in [1.82, 2.24) is 5.32 Å². The number of esters is 1. The molecule has 1 aromatic carbocycles. The van der Waals surface area contributed by atoms with Crippen LogP contribution in [0.3, 0.4) is 0 Å². The lowest BCUT2D eigenvalue weighted by atomic mass is 9.75. The number of carbonyl (C=O) groups is 2. The molecule has 1 heterocycles. The molecule has 0 saturated carbocycles. The SMILES string of the molecule is COC(=O)C1=C(C)NC2=C(C(=O)CCC2)C1c1cccc(OC)c1OC.O. The number of Topliss-reactive ketones (excluding diaryl/α,β-unsaturated/α-hetero) is 1. The third-order valence-corrected chi connectivity index (χ3v) is 4.93. The lowest BCUT2D eigenvalue weighted by Gasteiger charge is -2.34. The minimum atomic E-state index is -0.545. The Kier molecular flexibility index (Phi) is 6.28. The maximum absolute atomic E-state index is 12.8. The number of hydrogen-bond donors (Lipinski definition) is 1. The van der Waals surface area contributed by atoms with E-state index in [0.717, 1.165) is 24.1 Å². The minimum absolute atomic E-state index is 0.